The Kier molecular flexibility index (Phi) is 6.88. The van der Waals surface area contributed by atoms with Crippen LogP contribution in [0.2, 0.25) is 0 Å². The molecule has 0 saturated heterocycles. The van der Waals surface area contributed by atoms with Gasteiger partial charge >= 0.3 is 5.97 Å². The van der Waals surface area contributed by atoms with Crippen molar-refractivity contribution in [2.24, 2.45) is 0 Å². The number of aryl methyl sites for hydroxylation is 1. The van der Waals surface area contributed by atoms with Crippen LogP contribution in [0.1, 0.15) is 42.6 Å². The minimum absolute atomic E-state index is 0.248. The molecule has 1 aromatic rings. The zero-order chi connectivity index (χ0) is 11.8. The highest BCUT2D eigenvalue weighted by Crippen LogP contribution is 2.17. The molecule has 0 N–H and O–H groups in total. The topological polar surface area (TPSA) is 39.4 Å². The van der Waals surface area contributed by atoms with E-state index >= 15 is 0 Å². The lowest BCUT2D eigenvalue weighted by molar-refractivity contribution is 0.0487. The van der Waals surface area contributed by atoms with Gasteiger partial charge in [-0.2, -0.15) is 0 Å². The molecule has 3 nitrogen and oxygen atoms in total. The van der Waals surface area contributed by atoms with E-state index in [0.717, 1.165) is 5.56 Å². The first-order valence-electron chi connectivity index (χ1n) is 5.01. The molecule has 0 aliphatic carbocycles. The van der Waals surface area contributed by atoms with Crippen LogP contribution in [0.5, 0.6) is 0 Å². The zero-order valence-corrected chi connectivity index (χ0v) is 10.4. The monoisotopic (exact) mass is 232 g/mol. The largest absolute Gasteiger partial charge is 0.460 e. The smallest absolute Gasteiger partial charge is 0.374 e. The first kappa shape index (κ1) is 14.0. The summed E-state index contributed by atoms with van der Waals surface area (Å²) in [5.41, 5.74) is 0.758. The lowest BCUT2D eigenvalue weighted by Crippen LogP contribution is -2.04. The second-order valence-electron chi connectivity index (χ2n) is 2.58. The van der Waals surface area contributed by atoms with E-state index in [4.69, 9.17) is 20.8 Å². The molecule has 1 rings (SSSR count). The third kappa shape index (κ3) is 3.96. The van der Waals surface area contributed by atoms with Crippen LogP contribution < -0.4 is 0 Å². The maximum Gasteiger partial charge on any atom is 0.374 e. The summed E-state index contributed by atoms with van der Waals surface area (Å²) in [4.78, 5) is 11.2. The van der Waals surface area contributed by atoms with Crippen LogP contribution in [0.4, 0.5) is 0 Å². The summed E-state index contributed by atoms with van der Waals surface area (Å²) in [7, 11) is 0. The van der Waals surface area contributed by atoms with Crippen molar-refractivity contribution >= 4 is 17.6 Å². The van der Waals surface area contributed by atoms with E-state index < -0.39 is 5.97 Å². The minimum atomic E-state index is -0.434. The highest BCUT2D eigenvalue weighted by atomic mass is 35.5. The van der Waals surface area contributed by atoms with Crippen LogP contribution in [0.25, 0.3) is 0 Å². The molecular weight excluding hydrogens is 216 g/mol. The molecule has 0 aromatic carbocycles. The van der Waals surface area contributed by atoms with Crippen LogP contribution in [0.15, 0.2) is 10.5 Å². The Balaban J connectivity index is 0.000000921. The highest BCUT2D eigenvalue weighted by molar-refractivity contribution is 6.16. The van der Waals surface area contributed by atoms with Crippen molar-refractivity contribution < 1.29 is 13.9 Å². The van der Waals surface area contributed by atoms with Crippen molar-refractivity contribution in [3.63, 3.8) is 0 Å². The summed E-state index contributed by atoms with van der Waals surface area (Å²) in [5, 5.41) is 0. The van der Waals surface area contributed by atoms with Crippen LogP contribution >= 0.6 is 11.6 Å². The Morgan fingerprint density at radius 1 is 1.53 bits per heavy atom. The number of hydrogen-bond donors (Lipinski definition) is 0. The van der Waals surface area contributed by atoms with Crippen LogP contribution in [-0.4, -0.2) is 12.6 Å². The van der Waals surface area contributed by atoms with E-state index in [1.165, 1.54) is 0 Å². The standard InChI is InChI=1S/C9H11ClO3.C2H6/c1-3-12-9(11)8-6(2)4-7(5-10)13-8;1-2/h4H,3,5H2,1-2H3;1-2H3. The molecule has 86 valence electrons. The first-order chi connectivity index (χ1) is 7.19. The van der Waals surface area contributed by atoms with Gasteiger partial charge in [0.1, 0.15) is 5.76 Å². The predicted molar refractivity (Wildman–Crippen MR) is 60.3 cm³/mol. The molecule has 4 heteroatoms. The summed E-state index contributed by atoms with van der Waals surface area (Å²) in [5.74, 6) is 0.663. The van der Waals surface area contributed by atoms with Crippen molar-refractivity contribution in [2.75, 3.05) is 6.61 Å². The molecule has 0 atom stereocenters. The average Bonchev–Trinajstić information content (AvgIpc) is 2.63. The van der Waals surface area contributed by atoms with Gasteiger partial charge in [-0.15, -0.1) is 11.6 Å². The fourth-order valence-corrected chi connectivity index (χ4v) is 1.14. The van der Waals surface area contributed by atoms with Crippen LogP contribution in [0, 0.1) is 6.92 Å². The predicted octanol–water partition coefficient (Wildman–Crippen LogP) is 3.53. The molecule has 0 spiro atoms. The van der Waals surface area contributed by atoms with E-state index in [-0.39, 0.29) is 11.6 Å². The SMILES string of the molecule is CC.CCOC(=O)c1oc(CCl)cc1C. The van der Waals surface area contributed by atoms with Gasteiger partial charge in [0.05, 0.1) is 12.5 Å². The summed E-state index contributed by atoms with van der Waals surface area (Å²) < 4.78 is 9.96. The van der Waals surface area contributed by atoms with E-state index in [1.54, 1.807) is 19.9 Å². The normalized spacial score (nSPS) is 9.13. The molecule has 15 heavy (non-hydrogen) atoms. The van der Waals surface area contributed by atoms with Gasteiger partial charge in [-0.3, -0.25) is 0 Å². The molecule has 0 fully saturated rings. The van der Waals surface area contributed by atoms with Crippen molar-refractivity contribution in [1.29, 1.82) is 0 Å². The molecule has 1 heterocycles. The minimum Gasteiger partial charge on any atom is -0.460 e. The second-order valence-corrected chi connectivity index (χ2v) is 2.85. The Bertz CT molecular complexity index is 305. The van der Waals surface area contributed by atoms with Gasteiger partial charge < -0.3 is 9.15 Å². The number of halogens is 1. The van der Waals surface area contributed by atoms with E-state index in [9.17, 15) is 4.79 Å². The number of rotatable bonds is 3. The summed E-state index contributed by atoms with van der Waals surface area (Å²) in [6.07, 6.45) is 0. The fraction of sp³-hybridized carbons (Fsp3) is 0.545. The maximum atomic E-state index is 11.2. The fourth-order valence-electron chi connectivity index (χ4n) is 1.01. The van der Waals surface area contributed by atoms with Crippen LogP contribution in [0.3, 0.4) is 0 Å². The van der Waals surface area contributed by atoms with Crippen molar-refractivity contribution in [3.8, 4) is 0 Å². The van der Waals surface area contributed by atoms with Gasteiger partial charge in [0.25, 0.3) is 0 Å². The Morgan fingerprint density at radius 2 is 2.13 bits per heavy atom. The van der Waals surface area contributed by atoms with Gasteiger partial charge in [-0.25, -0.2) is 4.79 Å². The molecular formula is C11H17ClO3. The molecule has 1 aromatic heterocycles. The number of carbonyl (C=O) groups is 1. The number of carbonyl (C=O) groups excluding carboxylic acids is 1. The van der Waals surface area contributed by atoms with Crippen LogP contribution in [-0.2, 0) is 10.6 Å². The Morgan fingerprint density at radius 3 is 2.53 bits per heavy atom. The van der Waals surface area contributed by atoms with Gasteiger partial charge in [0.15, 0.2) is 0 Å². The Hall–Kier alpha value is -0.960. The van der Waals surface area contributed by atoms with Gasteiger partial charge in [-0.1, -0.05) is 13.8 Å². The molecule has 0 bridgehead atoms. The van der Waals surface area contributed by atoms with Gasteiger partial charge in [0.2, 0.25) is 5.76 Å². The number of ether oxygens (including phenoxy) is 1. The number of hydrogen-bond acceptors (Lipinski definition) is 3. The Labute approximate surface area is 95.4 Å². The second kappa shape index (κ2) is 7.35. The number of alkyl halides is 1. The molecule has 0 aliphatic heterocycles. The van der Waals surface area contributed by atoms with Crippen molar-refractivity contribution in [2.45, 2.75) is 33.6 Å². The van der Waals surface area contributed by atoms with E-state index in [1.807, 2.05) is 13.8 Å². The van der Waals surface area contributed by atoms with E-state index in [0.29, 0.717) is 12.4 Å². The first-order valence-corrected chi connectivity index (χ1v) is 5.54. The van der Waals surface area contributed by atoms with E-state index in [2.05, 4.69) is 0 Å². The van der Waals surface area contributed by atoms with Gasteiger partial charge in [-0.05, 0) is 19.9 Å². The molecule has 0 aliphatic rings. The number of furan rings is 1. The molecule has 0 radical (unpaired) electrons. The summed E-state index contributed by atoms with van der Waals surface area (Å²) >= 11 is 5.55. The molecule has 0 amide bonds. The molecule has 0 saturated carbocycles. The summed E-state index contributed by atoms with van der Waals surface area (Å²) in [6.45, 7) is 7.87. The van der Waals surface area contributed by atoms with Gasteiger partial charge in [0, 0.05) is 5.56 Å². The quantitative estimate of drug-likeness (QED) is 0.591. The lowest BCUT2D eigenvalue weighted by Gasteiger charge is -1.97. The lowest BCUT2D eigenvalue weighted by atomic mass is 10.3. The highest BCUT2D eigenvalue weighted by Gasteiger charge is 2.15. The van der Waals surface area contributed by atoms with Crippen molar-refractivity contribution in [3.05, 3.63) is 23.2 Å². The summed E-state index contributed by atoms with van der Waals surface area (Å²) in [6, 6.07) is 1.74. The maximum absolute atomic E-state index is 11.2. The third-order valence-electron chi connectivity index (χ3n) is 1.56. The zero-order valence-electron chi connectivity index (χ0n) is 9.59. The van der Waals surface area contributed by atoms with Crippen molar-refractivity contribution in [1.82, 2.24) is 0 Å². The third-order valence-corrected chi connectivity index (χ3v) is 1.82. The average molecular weight is 233 g/mol. The molecule has 0 unspecified atom stereocenters. The number of esters is 1.